The van der Waals surface area contributed by atoms with Gasteiger partial charge in [0.25, 0.3) is 0 Å². The van der Waals surface area contributed by atoms with Crippen LogP contribution in [0, 0.1) is 6.92 Å². The van der Waals surface area contributed by atoms with Crippen LogP contribution >= 0.6 is 24.0 Å². The van der Waals surface area contributed by atoms with Crippen molar-refractivity contribution in [1.82, 2.24) is 15.6 Å². The number of fused-ring (bicyclic) bond motifs is 1. The largest absolute Gasteiger partial charge is 0.361 e. The summed E-state index contributed by atoms with van der Waals surface area (Å²) in [7, 11) is 1.81. The lowest BCUT2D eigenvalue weighted by molar-refractivity contribution is 0.785. The molecule has 26 heavy (non-hydrogen) atoms. The van der Waals surface area contributed by atoms with E-state index in [4.69, 9.17) is 0 Å². The predicted octanol–water partition coefficient (Wildman–Crippen LogP) is 4.04. The van der Waals surface area contributed by atoms with Crippen molar-refractivity contribution in [3.63, 3.8) is 0 Å². The summed E-state index contributed by atoms with van der Waals surface area (Å²) in [4.78, 5) is 7.66. The minimum absolute atomic E-state index is 0. The smallest absolute Gasteiger partial charge is 0.190 e. The van der Waals surface area contributed by atoms with Crippen molar-refractivity contribution in [2.24, 2.45) is 4.99 Å². The quantitative estimate of drug-likeness (QED) is 0.294. The highest BCUT2D eigenvalue weighted by Gasteiger charge is 2.04. The predicted molar refractivity (Wildman–Crippen MR) is 122 cm³/mol. The van der Waals surface area contributed by atoms with Crippen molar-refractivity contribution in [3.8, 4) is 0 Å². The molecule has 0 aliphatic heterocycles. The van der Waals surface area contributed by atoms with Gasteiger partial charge in [0.1, 0.15) is 0 Å². The Morgan fingerprint density at radius 2 is 1.73 bits per heavy atom. The number of aromatic nitrogens is 1. The number of guanidine groups is 1. The maximum atomic E-state index is 4.30. The van der Waals surface area contributed by atoms with E-state index >= 15 is 0 Å². The van der Waals surface area contributed by atoms with Crippen molar-refractivity contribution < 1.29 is 0 Å². The molecule has 1 heterocycles. The molecule has 0 bridgehead atoms. The molecule has 0 aliphatic rings. The maximum absolute atomic E-state index is 4.30. The fourth-order valence-corrected chi connectivity index (χ4v) is 3.01. The second kappa shape index (κ2) is 10.2. The lowest BCUT2D eigenvalue weighted by Crippen LogP contribution is -2.39. The first-order valence-electron chi connectivity index (χ1n) is 8.81. The van der Waals surface area contributed by atoms with Crippen LogP contribution in [0.15, 0.2) is 59.7 Å². The second-order valence-electron chi connectivity index (χ2n) is 6.27. The molecule has 3 aromatic rings. The molecule has 0 radical (unpaired) electrons. The average Bonchev–Trinajstić information content (AvgIpc) is 3.03. The van der Waals surface area contributed by atoms with Crippen molar-refractivity contribution in [2.45, 2.75) is 19.8 Å². The highest BCUT2D eigenvalue weighted by molar-refractivity contribution is 14.0. The third-order valence-electron chi connectivity index (χ3n) is 4.38. The SMILES string of the molecule is CN=C(NCCc1ccccc1)NCCc1c[nH]c2cc(C)ccc12.I. The van der Waals surface area contributed by atoms with Gasteiger partial charge in [-0.05, 0) is 42.5 Å². The van der Waals surface area contributed by atoms with Crippen LogP contribution < -0.4 is 10.6 Å². The first kappa shape index (κ1) is 20.3. The Hall–Kier alpha value is -2.02. The first-order chi connectivity index (χ1) is 12.3. The molecule has 138 valence electrons. The van der Waals surface area contributed by atoms with Gasteiger partial charge in [-0.3, -0.25) is 4.99 Å². The third kappa shape index (κ3) is 5.49. The molecule has 0 spiro atoms. The van der Waals surface area contributed by atoms with Gasteiger partial charge in [-0.1, -0.05) is 42.5 Å². The Bertz CT molecular complexity index is 840. The minimum Gasteiger partial charge on any atom is -0.361 e. The Balaban J connectivity index is 0.00000243. The van der Waals surface area contributed by atoms with Gasteiger partial charge < -0.3 is 15.6 Å². The van der Waals surface area contributed by atoms with Gasteiger partial charge in [0, 0.05) is 37.2 Å². The average molecular weight is 462 g/mol. The number of aliphatic imine (C=N–C) groups is 1. The Morgan fingerprint density at radius 1 is 1.00 bits per heavy atom. The number of benzene rings is 2. The number of hydrogen-bond acceptors (Lipinski definition) is 1. The van der Waals surface area contributed by atoms with E-state index in [-0.39, 0.29) is 24.0 Å². The van der Waals surface area contributed by atoms with Crippen molar-refractivity contribution in [1.29, 1.82) is 0 Å². The molecule has 1 aromatic heterocycles. The zero-order valence-corrected chi connectivity index (χ0v) is 17.7. The van der Waals surface area contributed by atoms with E-state index in [1.165, 1.54) is 27.6 Å². The molecular weight excluding hydrogens is 435 g/mol. The van der Waals surface area contributed by atoms with Crippen molar-refractivity contribution in [2.75, 3.05) is 20.1 Å². The van der Waals surface area contributed by atoms with Crippen LogP contribution in [0.4, 0.5) is 0 Å². The highest BCUT2D eigenvalue weighted by atomic mass is 127. The molecule has 4 nitrogen and oxygen atoms in total. The summed E-state index contributed by atoms with van der Waals surface area (Å²) in [5.74, 6) is 0.853. The molecule has 0 amide bonds. The van der Waals surface area contributed by atoms with E-state index in [1.807, 2.05) is 13.1 Å². The molecular formula is C21H27IN4. The molecule has 0 fully saturated rings. The number of hydrogen-bond donors (Lipinski definition) is 3. The monoisotopic (exact) mass is 462 g/mol. The first-order valence-corrected chi connectivity index (χ1v) is 8.81. The van der Waals surface area contributed by atoms with Crippen molar-refractivity contribution >= 4 is 40.8 Å². The number of aromatic amines is 1. The van der Waals surface area contributed by atoms with Gasteiger partial charge in [0.2, 0.25) is 0 Å². The normalized spacial score (nSPS) is 11.2. The summed E-state index contributed by atoms with van der Waals surface area (Å²) in [6, 6.07) is 17.0. The van der Waals surface area contributed by atoms with E-state index in [1.54, 1.807) is 0 Å². The van der Waals surface area contributed by atoms with E-state index < -0.39 is 0 Å². The molecule has 5 heteroatoms. The molecule has 0 aliphatic carbocycles. The highest BCUT2D eigenvalue weighted by Crippen LogP contribution is 2.19. The van der Waals surface area contributed by atoms with Gasteiger partial charge in [-0.2, -0.15) is 0 Å². The van der Waals surface area contributed by atoms with E-state index in [0.717, 1.165) is 31.9 Å². The zero-order chi connectivity index (χ0) is 17.5. The molecule has 0 unspecified atom stereocenters. The number of halogens is 1. The molecule has 3 rings (SSSR count). The number of H-pyrrole nitrogens is 1. The molecule has 3 N–H and O–H groups in total. The Labute approximate surface area is 172 Å². The van der Waals surface area contributed by atoms with Crippen LogP contribution in [0.1, 0.15) is 16.7 Å². The van der Waals surface area contributed by atoms with Gasteiger partial charge >= 0.3 is 0 Å². The lowest BCUT2D eigenvalue weighted by Gasteiger charge is -2.11. The standard InChI is InChI=1S/C21H26N4.HI/c1-16-8-9-19-18(15-25-20(19)14-16)11-13-24-21(22-2)23-12-10-17-6-4-3-5-7-17;/h3-9,14-15,25H,10-13H2,1-2H3,(H2,22,23,24);1H. The minimum atomic E-state index is 0. The topological polar surface area (TPSA) is 52.2 Å². The van der Waals surface area contributed by atoms with Crippen LogP contribution in [0.5, 0.6) is 0 Å². The summed E-state index contributed by atoms with van der Waals surface area (Å²) < 4.78 is 0. The van der Waals surface area contributed by atoms with E-state index in [0.29, 0.717) is 0 Å². The maximum Gasteiger partial charge on any atom is 0.190 e. The number of nitrogens with zero attached hydrogens (tertiary/aromatic N) is 1. The van der Waals surface area contributed by atoms with Crippen LogP contribution in [-0.2, 0) is 12.8 Å². The number of aryl methyl sites for hydroxylation is 1. The third-order valence-corrected chi connectivity index (χ3v) is 4.38. The second-order valence-corrected chi connectivity index (χ2v) is 6.27. The van der Waals surface area contributed by atoms with Crippen LogP contribution in [0.2, 0.25) is 0 Å². The van der Waals surface area contributed by atoms with Crippen LogP contribution in [0.25, 0.3) is 10.9 Å². The lowest BCUT2D eigenvalue weighted by atomic mass is 10.1. The van der Waals surface area contributed by atoms with Gasteiger partial charge in [-0.15, -0.1) is 24.0 Å². The zero-order valence-electron chi connectivity index (χ0n) is 15.4. The summed E-state index contributed by atoms with van der Waals surface area (Å²) >= 11 is 0. The van der Waals surface area contributed by atoms with Crippen LogP contribution in [-0.4, -0.2) is 31.1 Å². The fraction of sp³-hybridized carbons (Fsp3) is 0.286. The summed E-state index contributed by atoms with van der Waals surface area (Å²) in [5, 5.41) is 8.07. The fourth-order valence-electron chi connectivity index (χ4n) is 3.01. The molecule has 0 saturated carbocycles. The summed E-state index contributed by atoms with van der Waals surface area (Å²) in [6.45, 7) is 3.84. The Morgan fingerprint density at radius 3 is 2.46 bits per heavy atom. The van der Waals surface area contributed by atoms with Crippen LogP contribution in [0.3, 0.4) is 0 Å². The van der Waals surface area contributed by atoms with E-state index in [9.17, 15) is 0 Å². The molecule has 0 atom stereocenters. The number of nitrogens with one attached hydrogen (secondary N) is 3. The van der Waals surface area contributed by atoms with Gasteiger partial charge in [-0.25, -0.2) is 0 Å². The van der Waals surface area contributed by atoms with E-state index in [2.05, 4.69) is 76.2 Å². The van der Waals surface area contributed by atoms with Gasteiger partial charge in [0.05, 0.1) is 0 Å². The summed E-state index contributed by atoms with van der Waals surface area (Å²) in [6.07, 6.45) is 4.06. The summed E-state index contributed by atoms with van der Waals surface area (Å²) in [5.41, 5.74) is 5.16. The number of rotatable bonds is 6. The van der Waals surface area contributed by atoms with Gasteiger partial charge in [0.15, 0.2) is 5.96 Å². The van der Waals surface area contributed by atoms with Crippen molar-refractivity contribution in [3.05, 3.63) is 71.4 Å². The Kier molecular flexibility index (Phi) is 7.97. The molecule has 0 saturated heterocycles. The molecule has 2 aromatic carbocycles.